The van der Waals surface area contributed by atoms with Gasteiger partial charge in [-0.05, 0) is 32.0 Å². The first-order chi connectivity index (χ1) is 6.15. The predicted molar refractivity (Wildman–Crippen MR) is 56.6 cm³/mol. The van der Waals surface area contributed by atoms with E-state index >= 15 is 0 Å². The van der Waals surface area contributed by atoms with Crippen LogP contribution in [0.3, 0.4) is 0 Å². The molecule has 0 aromatic rings. The molecule has 1 saturated heterocycles. The fourth-order valence-electron chi connectivity index (χ4n) is 1.65. The van der Waals surface area contributed by atoms with E-state index in [1.54, 1.807) is 6.92 Å². The highest BCUT2D eigenvalue weighted by molar-refractivity contribution is 7.80. The van der Waals surface area contributed by atoms with Gasteiger partial charge in [0, 0.05) is 26.1 Å². The molecule has 1 N–H and O–H groups in total. The Morgan fingerprint density at radius 2 is 2.00 bits per heavy atom. The van der Waals surface area contributed by atoms with E-state index in [4.69, 9.17) is 12.2 Å². The van der Waals surface area contributed by atoms with Crippen LogP contribution in [0, 0.1) is 5.92 Å². The van der Waals surface area contributed by atoms with Crippen LogP contribution in [0.15, 0.2) is 0 Å². The minimum atomic E-state index is 0.260. The number of hydrogen-bond acceptors (Lipinski definition) is 2. The predicted octanol–water partition coefficient (Wildman–Crippen LogP) is 0.792. The van der Waals surface area contributed by atoms with Gasteiger partial charge in [0.25, 0.3) is 0 Å². The van der Waals surface area contributed by atoms with E-state index in [-0.39, 0.29) is 5.92 Å². The SMILES string of the molecule is CNC(=S)N1CCC(C(C)=O)CC1. The molecule has 74 valence electrons. The summed E-state index contributed by atoms with van der Waals surface area (Å²) in [5, 5.41) is 3.74. The number of hydrogen-bond donors (Lipinski definition) is 1. The van der Waals surface area contributed by atoms with Gasteiger partial charge in [-0.2, -0.15) is 0 Å². The molecule has 0 atom stereocenters. The maximum Gasteiger partial charge on any atom is 0.168 e. The van der Waals surface area contributed by atoms with Gasteiger partial charge in [-0.25, -0.2) is 0 Å². The maximum absolute atomic E-state index is 11.1. The van der Waals surface area contributed by atoms with Crippen molar-refractivity contribution in [3.8, 4) is 0 Å². The van der Waals surface area contributed by atoms with Gasteiger partial charge >= 0.3 is 0 Å². The molecular weight excluding hydrogens is 184 g/mol. The average Bonchev–Trinajstić information content (AvgIpc) is 2.17. The lowest BCUT2D eigenvalue weighted by Gasteiger charge is -2.32. The summed E-state index contributed by atoms with van der Waals surface area (Å²) in [5.41, 5.74) is 0. The molecule has 0 aromatic carbocycles. The van der Waals surface area contributed by atoms with E-state index in [1.807, 2.05) is 7.05 Å². The monoisotopic (exact) mass is 200 g/mol. The normalized spacial score (nSPS) is 18.5. The summed E-state index contributed by atoms with van der Waals surface area (Å²) in [6, 6.07) is 0. The second-order valence-electron chi connectivity index (χ2n) is 3.43. The molecule has 1 heterocycles. The van der Waals surface area contributed by atoms with Crippen molar-refractivity contribution in [1.29, 1.82) is 0 Å². The largest absolute Gasteiger partial charge is 0.366 e. The Labute approximate surface area is 84.5 Å². The minimum absolute atomic E-state index is 0.260. The van der Waals surface area contributed by atoms with Crippen LogP contribution >= 0.6 is 12.2 Å². The maximum atomic E-state index is 11.1. The van der Waals surface area contributed by atoms with E-state index in [9.17, 15) is 4.79 Å². The summed E-state index contributed by atoms with van der Waals surface area (Å²) in [6.45, 7) is 3.49. The van der Waals surface area contributed by atoms with Crippen LogP contribution in [0.2, 0.25) is 0 Å². The van der Waals surface area contributed by atoms with Crippen LogP contribution in [0.5, 0.6) is 0 Å². The van der Waals surface area contributed by atoms with E-state index < -0.39 is 0 Å². The third-order valence-electron chi connectivity index (χ3n) is 2.57. The van der Waals surface area contributed by atoms with Crippen molar-refractivity contribution in [2.24, 2.45) is 5.92 Å². The number of nitrogens with one attached hydrogen (secondary N) is 1. The van der Waals surface area contributed by atoms with Gasteiger partial charge in [-0.3, -0.25) is 4.79 Å². The van der Waals surface area contributed by atoms with Gasteiger partial charge in [0.2, 0.25) is 0 Å². The van der Waals surface area contributed by atoms with Crippen LogP contribution in [-0.2, 0) is 4.79 Å². The molecule has 0 unspecified atom stereocenters. The van der Waals surface area contributed by atoms with Crippen LogP contribution in [0.25, 0.3) is 0 Å². The third kappa shape index (κ3) is 2.66. The highest BCUT2D eigenvalue weighted by Crippen LogP contribution is 2.17. The number of thiocarbonyl (C=S) groups is 1. The molecule has 1 aliphatic heterocycles. The molecule has 1 rings (SSSR count). The fraction of sp³-hybridized carbons (Fsp3) is 0.778. The molecule has 0 aliphatic carbocycles. The zero-order valence-electron chi connectivity index (χ0n) is 8.17. The zero-order valence-corrected chi connectivity index (χ0v) is 8.99. The second-order valence-corrected chi connectivity index (χ2v) is 3.81. The van der Waals surface area contributed by atoms with Crippen LogP contribution < -0.4 is 5.32 Å². The summed E-state index contributed by atoms with van der Waals surface area (Å²) >= 11 is 5.11. The number of Topliss-reactive ketones (excluding diaryl/α,β-unsaturated/α-hetero) is 1. The molecule has 0 amide bonds. The summed E-state index contributed by atoms with van der Waals surface area (Å²) in [6.07, 6.45) is 1.88. The number of rotatable bonds is 1. The van der Waals surface area contributed by atoms with Gasteiger partial charge in [0.1, 0.15) is 5.78 Å². The van der Waals surface area contributed by atoms with Gasteiger partial charge in [0.15, 0.2) is 5.11 Å². The topological polar surface area (TPSA) is 32.3 Å². The standard InChI is InChI=1S/C9H16N2OS/c1-7(12)8-3-5-11(6-4-8)9(13)10-2/h8H,3-6H2,1-2H3,(H,10,13). The lowest BCUT2D eigenvalue weighted by atomic mass is 9.94. The van der Waals surface area contributed by atoms with Crippen molar-refractivity contribution >= 4 is 23.1 Å². The zero-order chi connectivity index (χ0) is 9.84. The average molecular weight is 200 g/mol. The van der Waals surface area contributed by atoms with Crippen LogP contribution in [0.1, 0.15) is 19.8 Å². The van der Waals surface area contributed by atoms with Gasteiger partial charge in [-0.15, -0.1) is 0 Å². The number of piperidine rings is 1. The molecule has 0 radical (unpaired) electrons. The second kappa shape index (κ2) is 4.56. The number of carbonyl (C=O) groups excluding carboxylic acids is 1. The quantitative estimate of drug-likeness (QED) is 0.634. The van der Waals surface area contributed by atoms with Gasteiger partial charge < -0.3 is 10.2 Å². The molecule has 0 spiro atoms. The number of ketones is 1. The number of nitrogens with zero attached hydrogens (tertiary/aromatic N) is 1. The Balaban J connectivity index is 2.39. The summed E-state index contributed by atoms with van der Waals surface area (Å²) < 4.78 is 0. The van der Waals surface area contributed by atoms with Crippen molar-refractivity contribution in [1.82, 2.24) is 10.2 Å². The van der Waals surface area contributed by atoms with E-state index in [0.717, 1.165) is 31.0 Å². The smallest absolute Gasteiger partial charge is 0.168 e. The minimum Gasteiger partial charge on any atom is -0.366 e. The lowest BCUT2D eigenvalue weighted by Crippen LogP contribution is -2.43. The Kier molecular flexibility index (Phi) is 3.66. The van der Waals surface area contributed by atoms with Crippen molar-refractivity contribution < 1.29 is 4.79 Å². The Hall–Kier alpha value is -0.640. The molecule has 1 fully saturated rings. The van der Waals surface area contributed by atoms with Crippen molar-refractivity contribution in [3.05, 3.63) is 0 Å². The molecular formula is C9H16N2OS. The first kappa shape index (κ1) is 10.4. The van der Waals surface area contributed by atoms with Crippen molar-refractivity contribution in [2.45, 2.75) is 19.8 Å². The number of likely N-dealkylation sites (tertiary alicyclic amines) is 1. The Morgan fingerprint density at radius 3 is 2.38 bits per heavy atom. The highest BCUT2D eigenvalue weighted by atomic mass is 32.1. The molecule has 1 aliphatic rings. The fourth-order valence-corrected chi connectivity index (χ4v) is 1.83. The third-order valence-corrected chi connectivity index (χ3v) is 3.03. The van der Waals surface area contributed by atoms with E-state index in [0.29, 0.717) is 5.78 Å². The molecule has 0 aromatic heterocycles. The van der Waals surface area contributed by atoms with Gasteiger partial charge in [-0.1, -0.05) is 0 Å². The first-order valence-corrected chi connectivity index (χ1v) is 5.03. The Morgan fingerprint density at radius 1 is 1.46 bits per heavy atom. The Bertz CT molecular complexity index is 210. The van der Waals surface area contributed by atoms with E-state index in [1.165, 1.54) is 0 Å². The van der Waals surface area contributed by atoms with E-state index in [2.05, 4.69) is 10.2 Å². The molecule has 0 saturated carbocycles. The first-order valence-electron chi connectivity index (χ1n) is 4.62. The highest BCUT2D eigenvalue weighted by Gasteiger charge is 2.22. The summed E-state index contributed by atoms with van der Waals surface area (Å²) in [5.74, 6) is 0.575. The van der Waals surface area contributed by atoms with Crippen molar-refractivity contribution in [2.75, 3.05) is 20.1 Å². The number of carbonyl (C=O) groups is 1. The van der Waals surface area contributed by atoms with Crippen molar-refractivity contribution in [3.63, 3.8) is 0 Å². The van der Waals surface area contributed by atoms with Crippen LogP contribution in [0.4, 0.5) is 0 Å². The van der Waals surface area contributed by atoms with Gasteiger partial charge in [0.05, 0.1) is 0 Å². The van der Waals surface area contributed by atoms with Crippen LogP contribution in [-0.4, -0.2) is 35.9 Å². The summed E-state index contributed by atoms with van der Waals surface area (Å²) in [7, 11) is 1.83. The molecule has 4 heteroatoms. The lowest BCUT2D eigenvalue weighted by molar-refractivity contribution is -0.121. The molecule has 0 bridgehead atoms. The molecule has 3 nitrogen and oxygen atoms in total. The molecule has 13 heavy (non-hydrogen) atoms. The summed E-state index contributed by atoms with van der Waals surface area (Å²) in [4.78, 5) is 13.2.